The minimum absolute atomic E-state index is 0.330. The molecule has 2 aromatic carbocycles. The molecule has 1 aromatic heterocycles. The van der Waals surface area contributed by atoms with Crippen LogP contribution in [0.15, 0.2) is 48.5 Å². The van der Waals surface area contributed by atoms with Crippen molar-refractivity contribution in [3.63, 3.8) is 0 Å². The van der Waals surface area contributed by atoms with Gasteiger partial charge in [-0.1, -0.05) is 48.0 Å². The van der Waals surface area contributed by atoms with Crippen LogP contribution in [0.5, 0.6) is 0 Å². The molecule has 3 aromatic rings. The van der Waals surface area contributed by atoms with Crippen LogP contribution in [0.25, 0.3) is 22.0 Å². The Balaban J connectivity index is 2.41. The monoisotopic (exact) mass is 311 g/mol. The van der Waals surface area contributed by atoms with Gasteiger partial charge < -0.3 is 4.74 Å². The second kappa shape index (κ2) is 5.78. The molecule has 0 radical (unpaired) electrons. The number of nitrogens with zero attached hydrogens (tertiary/aromatic N) is 1. The van der Waals surface area contributed by atoms with E-state index >= 15 is 0 Å². The van der Waals surface area contributed by atoms with Crippen molar-refractivity contribution < 1.29 is 9.53 Å². The number of fused-ring (bicyclic) bond motifs is 1. The molecule has 0 aliphatic rings. The third-order valence-corrected chi connectivity index (χ3v) is 3.88. The highest BCUT2D eigenvalue weighted by Crippen LogP contribution is 2.32. The SMILES string of the molecule is COC(=O)c1nc(-c2ccccc2)c2cc(Cl)ccc2c1C. The van der Waals surface area contributed by atoms with Crippen LogP contribution in [-0.2, 0) is 4.74 Å². The van der Waals surface area contributed by atoms with Gasteiger partial charge in [0, 0.05) is 16.0 Å². The fourth-order valence-corrected chi connectivity index (χ4v) is 2.71. The summed E-state index contributed by atoms with van der Waals surface area (Å²) in [5, 5.41) is 2.50. The van der Waals surface area contributed by atoms with Crippen molar-refractivity contribution >= 4 is 28.3 Å². The van der Waals surface area contributed by atoms with Gasteiger partial charge in [0.2, 0.25) is 0 Å². The number of aromatic nitrogens is 1. The third-order valence-electron chi connectivity index (χ3n) is 3.65. The summed E-state index contributed by atoms with van der Waals surface area (Å²) >= 11 is 6.14. The lowest BCUT2D eigenvalue weighted by Crippen LogP contribution is -2.08. The molecule has 0 fully saturated rings. The number of ether oxygens (including phenoxy) is 1. The zero-order chi connectivity index (χ0) is 15.7. The van der Waals surface area contributed by atoms with Crippen molar-refractivity contribution in [3.8, 4) is 11.3 Å². The average molecular weight is 312 g/mol. The fourth-order valence-electron chi connectivity index (χ4n) is 2.53. The lowest BCUT2D eigenvalue weighted by molar-refractivity contribution is 0.0593. The van der Waals surface area contributed by atoms with Crippen LogP contribution in [-0.4, -0.2) is 18.1 Å². The largest absolute Gasteiger partial charge is 0.464 e. The van der Waals surface area contributed by atoms with E-state index in [1.807, 2.05) is 55.5 Å². The van der Waals surface area contributed by atoms with E-state index in [-0.39, 0.29) is 0 Å². The van der Waals surface area contributed by atoms with E-state index in [2.05, 4.69) is 4.98 Å². The number of methoxy groups -OCH3 is 1. The van der Waals surface area contributed by atoms with Gasteiger partial charge in [-0.15, -0.1) is 0 Å². The molecule has 0 saturated carbocycles. The van der Waals surface area contributed by atoms with E-state index in [1.165, 1.54) is 7.11 Å². The van der Waals surface area contributed by atoms with Gasteiger partial charge in [0.1, 0.15) is 0 Å². The van der Waals surface area contributed by atoms with E-state index < -0.39 is 5.97 Å². The summed E-state index contributed by atoms with van der Waals surface area (Å²) in [5.74, 6) is -0.438. The summed E-state index contributed by atoms with van der Waals surface area (Å²) in [6.45, 7) is 1.87. The van der Waals surface area contributed by atoms with Crippen molar-refractivity contribution in [2.24, 2.45) is 0 Å². The molecule has 0 aliphatic carbocycles. The number of carbonyl (C=O) groups is 1. The topological polar surface area (TPSA) is 39.2 Å². The van der Waals surface area contributed by atoms with Crippen molar-refractivity contribution in [2.75, 3.05) is 7.11 Å². The first-order valence-corrected chi connectivity index (χ1v) is 7.23. The normalized spacial score (nSPS) is 10.7. The molecule has 0 spiro atoms. The number of aryl methyl sites for hydroxylation is 1. The maximum absolute atomic E-state index is 12.0. The summed E-state index contributed by atoms with van der Waals surface area (Å²) in [6.07, 6.45) is 0. The maximum Gasteiger partial charge on any atom is 0.356 e. The number of pyridine rings is 1. The quantitative estimate of drug-likeness (QED) is 0.647. The van der Waals surface area contributed by atoms with Crippen molar-refractivity contribution in [2.45, 2.75) is 6.92 Å². The van der Waals surface area contributed by atoms with Gasteiger partial charge >= 0.3 is 5.97 Å². The van der Waals surface area contributed by atoms with E-state index in [4.69, 9.17) is 16.3 Å². The van der Waals surface area contributed by atoms with Gasteiger partial charge in [0.15, 0.2) is 5.69 Å². The number of benzene rings is 2. The van der Waals surface area contributed by atoms with Crippen LogP contribution in [0.2, 0.25) is 5.02 Å². The van der Waals surface area contributed by atoms with Gasteiger partial charge in [0.05, 0.1) is 12.8 Å². The highest BCUT2D eigenvalue weighted by molar-refractivity contribution is 6.31. The van der Waals surface area contributed by atoms with Gasteiger partial charge in [-0.2, -0.15) is 0 Å². The Labute approximate surface area is 133 Å². The van der Waals surface area contributed by atoms with Crippen molar-refractivity contribution in [1.29, 1.82) is 0 Å². The summed E-state index contributed by atoms with van der Waals surface area (Å²) in [4.78, 5) is 16.6. The maximum atomic E-state index is 12.0. The van der Waals surface area contributed by atoms with E-state index in [1.54, 1.807) is 0 Å². The molecule has 0 bridgehead atoms. The molecule has 3 rings (SSSR count). The molecule has 110 valence electrons. The van der Waals surface area contributed by atoms with Crippen LogP contribution in [0.4, 0.5) is 0 Å². The smallest absolute Gasteiger partial charge is 0.356 e. The second-order valence-corrected chi connectivity index (χ2v) is 5.42. The molecule has 0 saturated heterocycles. The minimum Gasteiger partial charge on any atom is -0.464 e. The lowest BCUT2D eigenvalue weighted by Gasteiger charge is -2.12. The van der Waals surface area contributed by atoms with Crippen LogP contribution in [0.3, 0.4) is 0 Å². The Morgan fingerprint density at radius 1 is 1.09 bits per heavy atom. The predicted molar refractivity (Wildman–Crippen MR) is 88.3 cm³/mol. The van der Waals surface area contributed by atoms with E-state index in [0.29, 0.717) is 10.7 Å². The summed E-state index contributed by atoms with van der Waals surface area (Å²) in [5.41, 5.74) is 2.78. The number of carbonyl (C=O) groups excluding carboxylic acids is 1. The Kier molecular flexibility index (Phi) is 3.82. The number of hydrogen-bond donors (Lipinski definition) is 0. The standard InChI is InChI=1S/C18H14ClNO2/c1-11-14-9-8-13(19)10-15(14)17(12-6-4-3-5-7-12)20-16(11)18(21)22-2/h3-10H,1-2H3. The number of hydrogen-bond acceptors (Lipinski definition) is 3. The van der Waals surface area contributed by atoms with Crippen molar-refractivity contribution in [1.82, 2.24) is 4.98 Å². The Morgan fingerprint density at radius 3 is 2.50 bits per heavy atom. The minimum atomic E-state index is -0.438. The summed E-state index contributed by atoms with van der Waals surface area (Å²) in [6, 6.07) is 15.3. The van der Waals surface area contributed by atoms with Gasteiger partial charge in [-0.25, -0.2) is 9.78 Å². The van der Waals surface area contributed by atoms with Gasteiger partial charge in [0.25, 0.3) is 0 Å². The molecule has 22 heavy (non-hydrogen) atoms. The number of esters is 1. The molecule has 0 amide bonds. The van der Waals surface area contributed by atoms with Gasteiger partial charge in [-0.05, 0) is 30.0 Å². The molecule has 3 nitrogen and oxygen atoms in total. The summed E-state index contributed by atoms with van der Waals surface area (Å²) < 4.78 is 4.85. The Morgan fingerprint density at radius 2 is 1.82 bits per heavy atom. The van der Waals surface area contributed by atoms with E-state index in [0.717, 1.165) is 27.6 Å². The van der Waals surface area contributed by atoms with Crippen LogP contribution in [0, 0.1) is 6.92 Å². The molecule has 4 heteroatoms. The highest BCUT2D eigenvalue weighted by Gasteiger charge is 2.18. The molecule has 0 atom stereocenters. The number of rotatable bonds is 2. The van der Waals surface area contributed by atoms with Crippen LogP contribution in [0.1, 0.15) is 16.1 Å². The zero-order valence-corrected chi connectivity index (χ0v) is 13.0. The van der Waals surface area contributed by atoms with Crippen molar-refractivity contribution in [3.05, 3.63) is 64.8 Å². The Bertz CT molecular complexity index is 860. The van der Waals surface area contributed by atoms with Crippen LogP contribution < -0.4 is 0 Å². The molecular weight excluding hydrogens is 298 g/mol. The first kappa shape index (κ1) is 14.5. The molecular formula is C18H14ClNO2. The third kappa shape index (κ3) is 2.44. The predicted octanol–water partition coefficient (Wildman–Crippen LogP) is 4.65. The molecule has 0 N–H and O–H groups in total. The second-order valence-electron chi connectivity index (χ2n) is 4.98. The van der Waals surface area contributed by atoms with E-state index in [9.17, 15) is 4.79 Å². The Hall–Kier alpha value is -2.39. The average Bonchev–Trinajstić information content (AvgIpc) is 2.55. The lowest BCUT2D eigenvalue weighted by atomic mass is 9.99. The van der Waals surface area contributed by atoms with Gasteiger partial charge in [-0.3, -0.25) is 0 Å². The molecule has 1 heterocycles. The summed E-state index contributed by atoms with van der Waals surface area (Å²) in [7, 11) is 1.36. The fraction of sp³-hybridized carbons (Fsp3) is 0.111. The first-order chi connectivity index (χ1) is 10.6. The van der Waals surface area contributed by atoms with Crippen LogP contribution >= 0.6 is 11.6 Å². The number of halogens is 1. The molecule has 0 aliphatic heterocycles. The zero-order valence-electron chi connectivity index (χ0n) is 12.3. The highest BCUT2D eigenvalue weighted by atomic mass is 35.5. The first-order valence-electron chi connectivity index (χ1n) is 6.85. The molecule has 0 unspecified atom stereocenters.